The molecule has 16 heavy (non-hydrogen) atoms. The molecule has 2 aromatic rings. The molecule has 82 valence electrons. The van der Waals surface area contributed by atoms with Gasteiger partial charge in [0.05, 0.1) is 22.0 Å². The number of thiophene rings is 1. The highest BCUT2D eigenvalue weighted by Crippen LogP contribution is 2.35. The first kappa shape index (κ1) is 11.5. The maximum atomic E-state index is 6.01. The lowest BCUT2D eigenvalue weighted by atomic mass is 10.3. The SMILES string of the molecule is CC#CCNc1cc(Cl)nc2c(Cl)csc12. The third kappa shape index (κ3) is 2.25. The molecule has 0 aliphatic heterocycles. The lowest BCUT2D eigenvalue weighted by Gasteiger charge is -2.04. The summed E-state index contributed by atoms with van der Waals surface area (Å²) in [5.74, 6) is 5.76. The molecular formula is C11H8Cl2N2S. The van der Waals surface area contributed by atoms with Gasteiger partial charge in [0.2, 0.25) is 0 Å². The summed E-state index contributed by atoms with van der Waals surface area (Å²) >= 11 is 13.5. The topological polar surface area (TPSA) is 24.9 Å². The highest BCUT2D eigenvalue weighted by molar-refractivity contribution is 7.18. The van der Waals surface area contributed by atoms with E-state index in [1.165, 1.54) is 0 Å². The summed E-state index contributed by atoms with van der Waals surface area (Å²) in [7, 11) is 0. The van der Waals surface area contributed by atoms with Crippen LogP contribution in [0.15, 0.2) is 11.4 Å². The molecular weight excluding hydrogens is 263 g/mol. The zero-order valence-corrected chi connectivity index (χ0v) is 10.8. The molecule has 0 bridgehead atoms. The van der Waals surface area contributed by atoms with Crippen LogP contribution < -0.4 is 5.32 Å². The molecule has 0 spiro atoms. The van der Waals surface area contributed by atoms with Crippen molar-refractivity contribution in [3.05, 3.63) is 21.6 Å². The average molecular weight is 271 g/mol. The lowest BCUT2D eigenvalue weighted by molar-refractivity contribution is 1.36. The number of halogens is 2. The van der Waals surface area contributed by atoms with E-state index in [-0.39, 0.29) is 0 Å². The molecule has 0 radical (unpaired) electrons. The predicted octanol–water partition coefficient (Wildman–Crippen LogP) is 4.04. The summed E-state index contributed by atoms with van der Waals surface area (Å²) in [4.78, 5) is 4.19. The van der Waals surface area contributed by atoms with Crippen LogP contribution >= 0.6 is 34.5 Å². The molecule has 2 nitrogen and oxygen atoms in total. The largest absolute Gasteiger partial charge is 0.373 e. The fourth-order valence-corrected chi connectivity index (χ4v) is 2.69. The second kappa shape index (κ2) is 4.92. The van der Waals surface area contributed by atoms with Crippen LogP contribution in [0.3, 0.4) is 0 Å². The van der Waals surface area contributed by atoms with Gasteiger partial charge < -0.3 is 5.32 Å². The summed E-state index contributed by atoms with van der Waals surface area (Å²) in [6, 6.07) is 1.79. The van der Waals surface area contributed by atoms with Crippen molar-refractivity contribution in [1.29, 1.82) is 0 Å². The van der Waals surface area contributed by atoms with Crippen molar-refractivity contribution in [2.45, 2.75) is 6.92 Å². The van der Waals surface area contributed by atoms with Gasteiger partial charge in [0.15, 0.2) is 0 Å². The molecule has 0 saturated heterocycles. The van der Waals surface area contributed by atoms with Gasteiger partial charge in [-0.15, -0.1) is 17.3 Å². The Morgan fingerprint density at radius 2 is 2.31 bits per heavy atom. The zero-order valence-electron chi connectivity index (χ0n) is 8.47. The van der Waals surface area contributed by atoms with Crippen molar-refractivity contribution in [3.8, 4) is 11.8 Å². The van der Waals surface area contributed by atoms with Crippen LogP contribution in [0.25, 0.3) is 10.2 Å². The normalized spacial score (nSPS) is 9.94. The van der Waals surface area contributed by atoms with Crippen LogP contribution in [0.2, 0.25) is 10.2 Å². The molecule has 0 aliphatic rings. The molecule has 5 heteroatoms. The van der Waals surface area contributed by atoms with E-state index in [1.807, 2.05) is 5.38 Å². The van der Waals surface area contributed by atoms with Gasteiger partial charge in [0.1, 0.15) is 10.7 Å². The Bertz CT molecular complexity index is 581. The van der Waals surface area contributed by atoms with E-state index >= 15 is 0 Å². The minimum atomic E-state index is 0.430. The number of hydrogen-bond acceptors (Lipinski definition) is 3. The van der Waals surface area contributed by atoms with Crippen molar-refractivity contribution in [3.63, 3.8) is 0 Å². The monoisotopic (exact) mass is 270 g/mol. The maximum Gasteiger partial charge on any atom is 0.131 e. The highest BCUT2D eigenvalue weighted by atomic mass is 35.5. The standard InChI is InChI=1S/C11H8Cl2N2S/c1-2-3-4-14-8-5-9(13)15-10-7(12)6-16-11(8)10/h5-6H,4H2,1H3,(H,14,15). The molecule has 2 heterocycles. The highest BCUT2D eigenvalue weighted by Gasteiger charge is 2.09. The van der Waals surface area contributed by atoms with Crippen LogP contribution in [0.1, 0.15) is 6.92 Å². The summed E-state index contributed by atoms with van der Waals surface area (Å²) < 4.78 is 1.01. The van der Waals surface area contributed by atoms with E-state index in [9.17, 15) is 0 Å². The Kier molecular flexibility index (Phi) is 3.55. The van der Waals surface area contributed by atoms with Gasteiger partial charge in [-0.2, -0.15) is 0 Å². The Morgan fingerprint density at radius 1 is 1.50 bits per heavy atom. The molecule has 0 atom stereocenters. The van der Waals surface area contributed by atoms with Crippen molar-refractivity contribution < 1.29 is 0 Å². The Morgan fingerprint density at radius 3 is 3.06 bits per heavy atom. The predicted molar refractivity (Wildman–Crippen MR) is 71.6 cm³/mol. The molecule has 0 saturated carbocycles. The molecule has 0 amide bonds. The maximum absolute atomic E-state index is 6.01. The van der Waals surface area contributed by atoms with E-state index < -0.39 is 0 Å². The number of rotatable bonds is 2. The summed E-state index contributed by atoms with van der Waals surface area (Å²) in [5, 5.41) is 6.11. The second-order valence-corrected chi connectivity index (χ2v) is 4.71. The fraction of sp³-hybridized carbons (Fsp3) is 0.182. The minimum absolute atomic E-state index is 0.430. The molecule has 2 aromatic heterocycles. The van der Waals surface area contributed by atoms with E-state index in [0.717, 1.165) is 15.9 Å². The molecule has 2 rings (SSSR count). The van der Waals surface area contributed by atoms with Crippen LogP contribution in [-0.2, 0) is 0 Å². The summed E-state index contributed by atoms with van der Waals surface area (Å²) in [5.41, 5.74) is 1.67. The van der Waals surface area contributed by atoms with Crippen molar-refractivity contribution in [1.82, 2.24) is 4.98 Å². The van der Waals surface area contributed by atoms with Crippen molar-refractivity contribution in [2.75, 3.05) is 11.9 Å². The average Bonchev–Trinajstić information content (AvgIpc) is 2.61. The van der Waals surface area contributed by atoms with Gasteiger partial charge in [-0.3, -0.25) is 0 Å². The van der Waals surface area contributed by atoms with Gasteiger partial charge in [-0.1, -0.05) is 29.1 Å². The first-order valence-corrected chi connectivity index (χ1v) is 6.22. The van der Waals surface area contributed by atoms with Crippen molar-refractivity contribution in [2.24, 2.45) is 0 Å². The zero-order chi connectivity index (χ0) is 11.5. The molecule has 1 N–H and O–H groups in total. The number of fused-ring (bicyclic) bond motifs is 1. The molecule has 0 aliphatic carbocycles. The van der Waals surface area contributed by atoms with E-state index in [2.05, 4.69) is 22.1 Å². The van der Waals surface area contributed by atoms with Gasteiger partial charge in [-0.05, 0) is 6.92 Å². The number of pyridine rings is 1. The Labute approximate surface area is 108 Å². The van der Waals surface area contributed by atoms with Crippen LogP contribution in [0.5, 0.6) is 0 Å². The summed E-state index contributed by atoms with van der Waals surface area (Å²) in [6.45, 7) is 2.39. The van der Waals surface area contributed by atoms with Crippen LogP contribution in [0, 0.1) is 11.8 Å². The number of nitrogens with one attached hydrogen (secondary N) is 1. The van der Waals surface area contributed by atoms with Gasteiger partial charge in [-0.25, -0.2) is 4.98 Å². The first-order chi connectivity index (χ1) is 7.72. The second-order valence-electron chi connectivity index (χ2n) is 3.03. The Hall–Kier alpha value is -0.950. The number of anilines is 1. The quantitative estimate of drug-likeness (QED) is 0.658. The van der Waals surface area contributed by atoms with E-state index in [4.69, 9.17) is 23.2 Å². The fourth-order valence-electron chi connectivity index (χ4n) is 1.31. The molecule has 0 unspecified atom stereocenters. The lowest BCUT2D eigenvalue weighted by Crippen LogP contribution is -1.99. The molecule has 0 aromatic carbocycles. The van der Waals surface area contributed by atoms with Gasteiger partial charge in [0.25, 0.3) is 0 Å². The third-order valence-electron chi connectivity index (χ3n) is 1.99. The van der Waals surface area contributed by atoms with Gasteiger partial charge in [0, 0.05) is 11.4 Å². The number of hydrogen-bond donors (Lipinski definition) is 1. The van der Waals surface area contributed by atoms with Crippen LogP contribution in [0.4, 0.5) is 5.69 Å². The third-order valence-corrected chi connectivity index (χ3v) is 3.61. The molecule has 0 fully saturated rings. The number of aromatic nitrogens is 1. The Balaban J connectivity index is 2.45. The first-order valence-electron chi connectivity index (χ1n) is 4.59. The number of nitrogens with zero attached hydrogens (tertiary/aromatic N) is 1. The summed E-state index contributed by atoms with van der Waals surface area (Å²) in [6.07, 6.45) is 0. The van der Waals surface area contributed by atoms with Crippen LogP contribution in [-0.4, -0.2) is 11.5 Å². The van der Waals surface area contributed by atoms with E-state index in [1.54, 1.807) is 24.3 Å². The van der Waals surface area contributed by atoms with E-state index in [0.29, 0.717) is 16.7 Å². The van der Waals surface area contributed by atoms with Crippen molar-refractivity contribution >= 4 is 50.4 Å². The minimum Gasteiger partial charge on any atom is -0.373 e. The van der Waals surface area contributed by atoms with Gasteiger partial charge >= 0.3 is 0 Å². The smallest absolute Gasteiger partial charge is 0.131 e.